The largest absolute Gasteiger partial charge is 0.343 e. The normalized spacial score (nSPS) is 29.5. The zero-order valence-electron chi connectivity index (χ0n) is 13.7. The molecule has 0 unspecified atom stereocenters. The number of carbonyl (C=O) groups excluding carboxylic acids is 1. The van der Waals surface area contributed by atoms with Crippen LogP contribution in [0.1, 0.15) is 66.2 Å². The van der Waals surface area contributed by atoms with Crippen molar-refractivity contribution in [3.63, 3.8) is 0 Å². The molecule has 0 radical (unpaired) electrons. The number of rotatable bonds is 2. The van der Waals surface area contributed by atoms with Crippen molar-refractivity contribution in [2.75, 3.05) is 13.1 Å². The number of nitrogens with one attached hydrogen (secondary N) is 1. The maximum Gasteiger partial charge on any atom is 0.219 e. The number of likely N-dealkylation sites (tertiary alicyclic amines) is 1. The molecule has 2 aliphatic rings. The van der Waals surface area contributed by atoms with Crippen LogP contribution in [0.15, 0.2) is 0 Å². The lowest BCUT2D eigenvalue weighted by atomic mass is 9.71. The Morgan fingerprint density at radius 3 is 1.90 bits per heavy atom. The first kappa shape index (κ1) is 15.8. The molecule has 2 fully saturated rings. The summed E-state index contributed by atoms with van der Waals surface area (Å²) in [4.78, 5) is 13.3. The van der Waals surface area contributed by atoms with E-state index in [0.717, 1.165) is 31.8 Å². The highest BCUT2D eigenvalue weighted by molar-refractivity contribution is 5.73. The highest BCUT2D eigenvalue weighted by Crippen LogP contribution is 2.37. The smallest absolute Gasteiger partial charge is 0.219 e. The van der Waals surface area contributed by atoms with Gasteiger partial charge in [0.2, 0.25) is 5.91 Å². The summed E-state index contributed by atoms with van der Waals surface area (Å²) in [6.45, 7) is 10.7. The van der Waals surface area contributed by atoms with Gasteiger partial charge in [0, 0.05) is 32.1 Å². The average Bonchev–Trinajstić information content (AvgIpc) is 2.39. The van der Waals surface area contributed by atoms with Gasteiger partial charge in [-0.05, 0) is 49.9 Å². The van der Waals surface area contributed by atoms with E-state index in [2.05, 4.69) is 26.1 Å². The molecule has 2 rings (SSSR count). The summed E-state index contributed by atoms with van der Waals surface area (Å²) in [7, 11) is 0. The molecule has 20 heavy (non-hydrogen) atoms. The molecule has 1 aliphatic carbocycles. The lowest BCUT2D eigenvalue weighted by Gasteiger charge is -2.40. The van der Waals surface area contributed by atoms with Gasteiger partial charge in [-0.15, -0.1) is 0 Å². The Hall–Kier alpha value is -0.570. The first-order valence-corrected chi connectivity index (χ1v) is 8.38. The zero-order valence-corrected chi connectivity index (χ0v) is 13.7. The van der Waals surface area contributed by atoms with Crippen LogP contribution < -0.4 is 5.32 Å². The standard InChI is InChI=1S/C17H32N2O/c1-13(20)19-11-9-16(10-12-19)18-15-7-5-14(6-8-15)17(2,3)4/h14-16,18H,5-12H2,1-4H3/t14-,15-. The van der Waals surface area contributed by atoms with E-state index in [-0.39, 0.29) is 5.91 Å². The van der Waals surface area contributed by atoms with Crippen molar-refractivity contribution in [3.8, 4) is 0 Å². The van der Waals surface area contributed by atoms with E-state index in [4.69, 9.17) is 0 Å². The van der Waals surface area contributed by atoms with Gasteiger partial charge in [0.05, 0.1) is 0 Å². The number of carbonyl (C=O) groups is 1. The average molecular weight is 280 g/mol. The van der Waals surface area contributed by atoms with E-state index in [9.17, 15) is 4.79 Å². The summed E-state index contributed by atoms with van der Waals surface area (Å²) in [6, 6.07) is 1.34. The molecule has 116 valence electrons. The Balaban J connectivity index is 1.70. The molecular formula is C17H32N2O. The van der Waals surface area contributed by atoms with Crippen LogP contribution in [0.4, 0.5) is 0 Å². The highest BCUT2D eigenvalue weighted by Gasteiger charge is 2.31. The van der Waals surface area contributed by atoms with Crippen LogP contribution in [0.25, 0.3) is 0 Å². The third kappa shape index (κ3) is 4.21. The predicted octanol–water partition coefficient (Wildman–Crippen LogP) is 3.19. The highest BCUT2D eigenvalue weighted by atomic mass is 16.2. The lowest BCUT2D eigenvalue weighted by Crippen LogP contribution is -2.48. The van der Waals surface area contributed by atoms with Crippen molar-refractivity contribution in [1.29, 1.82) is 0 Å². The molecule has 1 heterocycles. The maximum atomic E-state index is 11.3. The summed E-state index contributed by atoms with van der Waals surface area (Å²) in [5.74, 6) is 1.12. The van der Waals surface area contributed by atoms with E-state index < -0.39 is 0 Å². The molecule has 0 bridgehead atoms. The molecule has 0 spiro atoms. The molecule has 1 saturated heterocycles. The van der Waals surface area contributed by atoms with Crippen molar-refractivity contribution in [1.82, 2.24) is 10.2 Å². The molecule has 1 amide bonds. The van der Waals surface area contributed by atoms with E-state index in [1.165, 1.54) is 25.7 Å². The Morgan fingerprint density at radius 1 is 0.950 bits per heavy atom. The van der Waals surface area contributed by atoms with Crippen molar-refractivity contribution >= 4 is 5.91 Å². The van der Waals surface area contributed by atoms with Gasteiger partial charge in [-0.1, -0.05) is 20.8 Å². The number of amides is 1. The molecule has 1 saturated carbocycles. The van der Waals surface area contributed by atoms with Gasteiger partial charge in [0.1, 0.15) is 0 Å². The monoisotopic (exact) mass is 280 g/mol. The lowest BCUT2D eigenvalue weighted by molar-refractivity contribution is -0.129. The van der Waals surface area contributed by atoms with Gasteiger partial charge in [-0.3, -0.25) is 4.79 Å². The Kier molecular flexibility index (Phi) is 5.11. The fraction of sp³-hybridized carbons (Fsp3) is 0.941. The second-order valence-electron chi connectivity index (χ2n) is 7.86. The summed E-state index contributed by atoms with van der Waals surface area (Å²) < 4.78 is 0. The third-order valence-electron chi connectivity index (χ3n) is 5.36. The van der Waals surface area contributed by atoms with E-state index in [1.54, 1.807) is 6.92 Å². The molecule has 1 aliphatic heterocycles. The van der Waals surface area contributed by atoms with Crippen LogP contribution >= 0.6 is 0 Å². The van der Waals surface area contributed by atoms with Crippen LogP contribution in [-0.2, 0) is 4.79 Å². The molecule has 0 aromatic heterocycles. The maximum absolute atomic E-state index is 11.3. The first-order valence-electron chi connectivity index (χ1n) is 8.38. The van der Waals surface area contributed by atoms with Crippen LogP contribution in [0, 0.1) is 11.3 Å². The minimum Gasteiger partial charge on any atom is -0.343 e. The van der Waals surface area contributed by atoms with Crippen LogP contribution in [0.5, 0.6) is 0 Å². The predicted molar refractivity (Wildman–Crippen MR) is 83.6 cm³/mol. The summed E-state index contributed by atoms with van der Waals surface area (Å²) in [5.41, 5.74) is 0.470. The minimum atomic E-state index is 0.231. The zero-order chi connectivity index (χ0) is 14.8. The topological polar surface area (TPSA) is 32.3 Å². The van der Waals surface area contributed by atoms with Gasteiger partial charge < -0.3 is 10.2 Å². The van der Waals surface area contributed by atoms with Gasteiger partial charge in [0.25, 0.3) is 0 Å². The molecular weight excluding hydrogens is 248 g/mol. The fourth-order valence-corrected chi connectivity index (χ4v) is 3.82. The summed E-state index contributed by atoms with van der Waals surface area (Å²) in [5, 5.41) is 3.85. The fourth-order valence-electron chi connectivity index (χ4n) is 3.82. The van der Waals surface area contributed by atoms with Crippen LogP contribution in [0.3, 0.4) is 0 Å². The number of nitrogens with zero attached hydrogens (tertiary/aromatic N) is 1. The van der Waals surface area contributed by atoms with E-state index in [1.807, 2.05) is 4.90 Å². The van der Waals surface area contributed by atoms with Crippen molar-refractivity contribution in [2.45, 2.75) is 78.3 Å². The summed E-state index contributed by atoms with van der Waals surface area (Å²) in [6.07, 6.45) is 7.64. The molecule has 3 heteroatoms. The van der Waals surface area contributed by atoms with Crippen molar-refractivity contribution < 1.29 is 4.79 Å². The number of piperidine rings is 1. The second kappa shape index (κ2) is 6.46. The summed E-state index contributed by atoms with van der Waals surface area (Å²) >= 11 is 0. The van der Waals surface area contributed by atoms with Gasteiger partial charge in [-0.25, -0.2) is 0 Å². The Labute approximate surface area is 124 Å². The molecule has 0 aromatic carbocycles. The molecule has 1 N–H and O–H groups in total. The Morgan fingerprint density at radius 2 is 1.45 bits per heavy atom. The van der Waals surface area contributed by atoms with Crippen molar-refractivity contribution in [2.24, 2.45) is 11.3 Å². The van der Waals surface area contributed by atoms with Crippen LogP contribution in [0.2, 0.25) is 0 Å². The molecule has 3 nitrogen and oxygen atoms in total. The van der Waals surface area contributed by atoms with Gasteiger partial charge in [-0.2, -0.15) is 0 Å². The van der Waals surface area contributed by atoms with E-state index in [0.29, 0.717) is 17.5 Å². The first-order chi connectivity index (χ1) is 9.36. The van der Waals surface area contributed by atoms with Crippen LogP contribution in [-0.4, -0.2) is 36.0 Å². The van der Waals surface area contributed by atoms with Gasteiger partial charge >= 0.3 is 0 Å². The number of hydrogen-bond acceptors (Lipinski definition) is 2. The van der Waals surface area contributed by atoms with E-state index >= 15 is 0 Å². The Bertz CT molecular complexity index is 318. The molecule has 0 atom stereocenters. The SMILES string of the molecule is CC(=O)N1CCC(N[C@H]2CC[C@H](C(C)(C)C)CC2)CC1. The van der Waals surface area contributed by atoms with Gasteiger partial charge in [0.15, 0.2) is 0 Å². The minimum absolute atomic E-state index is 0.231. The third-order valence-corrected chi connectivity index (χ3v) is 5.36. The molecule has 0 aromatic rings. The van der Waals surface area contributed by atoms with Crippen molar-refractivity contribution in [3.05, 3.63) is 0 Å². The second-order valence-corrected chi connectivity index (χ2v) is 7.86. The number of hydrogen-bond donors (Lipinski definition) is 1. The quantitative estimate of drug-likeness (QED) is 0.842.